The molecule has 3 heteroatoms. The van der Waals surface area contributed by atoms with Gasteiger partial charge in [0.2, 0.25) is 0 Å². The summed E-state index contributed by atoms with van der Waals surface area (Å²) in [7, 11) is 2.23. The predicted molar refractivity (Wildman–Crippen MR) is 66.0 cm³/mol. The molecule has 1 aliphatic rings. The lowest BCUT2D eigenvalue weighted by molar-refractivity contribution is 0.143. The van der Waals surface area contributed by atoms with E-state index in [2.05, 4.69) is 30.7 Å². The van der Waals surface area contributed by atoms with Crippen LogP contribution in [0, 0.1) is 0 Å². The van der Waals surface area contributed by atoms with Gasteiger partial charge in [-0.3, -0.25) is 4.90 Å². The fourth-order valence-corrected chi connectivity index (χ4v) is 2.57. The van der Waals surface area contributed by atoms with E-state index in [1.807, 2.05) is 0 Å². The molecule has 90 valence electrons. The Hall–Kier alpha value is -0.120. The smallest absolute Gasteiger partial charge is 0.0111 e. The molecule has 2 N–H and O–H groups in total. The quantitative estimate of drug-likeness (QED) is 0.760. The second-order valence-electron chi connectivity index (χ2n) is 5.01. The van der Waals surface area contributed by atoms with Crippen LogP contribution < -0.4 is 5.73 Å². The zero-order valence-electron chi connectivity index (χ0n) is 10.6. The average Bonchev–Trinajstić information content (AvgIpc) is 2.39. The van der Waals surface area contributed by atoms with Gasteiger partial charge >= 0.3 is 0 Å². The highest BCUT2D eigenvalue weighted by Gasteiger charge is 2.22. The van der Waals surface area contributed by atoms with Crippen LogP contribution in [0.4, 0.5) is 0 Å². The summed E-state index contributed by atoms with van der Waals surface area (Å²) in [6.45, 7) is 8.88. The summed E-state index contributed by atoms with van der Waals surface area (Å²) >= 11 is 0. The predicted octanol–water partition coefficient (Wildman–Crippen LogP) is 1.14. The molecular formula is C12H27N3. The highest BCUT2D eigenvalue weighted by molar-refractivity contribution is 4.79. The Morgan fingerprint density at radius 2 is 2.07 bits per heavy atom. The Morgan fingerprint density at radius 1 is 1.33 bits per heavy atom. The van der Waals surface area contributed by atoms with E-state index in [0.717, 1.165) is 19.1 Å². The van der Waals surface area contributed by atoms with Gasteiger partial charge in [-0.1, -0.05) is 0 Å². The van der Waals surface area contributed by atoms with Crippen LogP contribution in [0.25, 0.3) is 0 Å². The number of nitrogens with zero attached hydrogens (tertiary/aromatic N) is 2. The van der Waals surface area contributed by atoms with Crippen LogP contribution in [0.1, 0.15) is 33.1 Å². The van der Waals surface area contributed by atoms with Crippen molar-refractivity contribution < 1.29 is 0 Å². The summed E-state index contributed by atoms with van der Waals surface area (Å²) in [6.07, 6.45) is 3.96. The van der Waals surface area contributed by atoms with Gasteiger partial charge in [-0.25, -0.2) is 0 Å². The zero-order valence-corrected chi connectivity index (χ0v) is 10.6. The summed E-state index contributed by atoms with van der Waals surface area (Å²) in [5.74, 6) is 0. The molecule has 0 saturated carbocycles. The fraction of sp³-hybridized carbons (Fsp3) is 1.00. The van der Waals surface area contributed by atoms with Gasteiger partial charge in [0.1, 0.15) is 0 Å². The van der Waals surface area contributed by atoms with Crippen molar-refractivity contribution in [3.63, 3.8) is 0 Å². The summed E-state index contributed by atoms with van der Waals surface area (Å²) in [5.41, 5.74) is 5.69. The highest BCUT2D eigenvalue weighted by Crippen LogP contribution is 2.17. The monoisotopic (exact) mass is 213 g/mol. The van der Waals surface area contributed by atoms with E-state index in [1.165, 1.54) is 32.4 Å². The standard InChI is InChI=1S/C12H27N3/c1-11(2)15(10-7-13)12-5-4-8-14(3)9-6-12/h11-12H,4-10,13H2,1-3H3. The van der Waals surface area contributed by atoms with Gasteiger partial charge < -0.3 is 10.6 Å². The molecule has 0 aliphatic carbocycles. The van der Waals surface area contributed by atoms with Crippen molar-refractivity contribution >= 4 is 0 Å². The largest absolute Gasteiger partial charge is 0.329 e. The van der Waals surface area contributed by atoms with Crippen molar-refractivity contribution in [1.29, 1.82) is 0 Å². The third-order valence-corrected chi connectivity index (χ3v) is 3.44. The molecule has 1 saturated heterocycles. The van der Waals surface area contributed by atoms with Gasteiger partial charge in [-0.2, -0.15) is 0 Å². The van der Waals surface area contributed by atoms with Gasteiger partial charge in [0.25, 0.3) is 0 Å². The molecule has 0 radical (unpaired) electrons. The first-order chi connectivity index (χ1) is 7.15. The third kappa shape index (κ3) is 4.09. The Balaban J connectivity index is 2.50. The molecular weight excluding hydrogens is 186 g/mol. The van der Waals surface area contributed by atoms with Gasteiger partial charge in [0.15, 0.2) is 0 Å². The van der Waals surface area contributed by atoms with Crippen LogP contribution in [0.5, 0.6) is 0 Å². The Bertz CT molecular complexity index is 170. The maximum absolute atomic E-state index is 5.69. The lowest BCUT2D eigenvalue weighted by atomic mass is 10.1. The van der Waals surface area contributed by atoms with Crippen molar-refractivity contribution in [2.24, 2.45) is 5.73 Å². The fourth-order valence-electron chi connectivity index (χ4n) is 2.57. The summed E-state index contributed by atoms with van der Waals surface area (Å²) in [6, 6.07) is 1.38. The first kappa shape index (κ1) is 12.9. The Labute approximate surface area is 94.6 Å². The number of rotatable bonds is 4. The molecule has 1 unspecified atom stereocenters. The van der Waals surface area contributed by atoms with Gasteiger partial charge in [0, 0.05) is 25.2 Å². The molecule has 1 rings (SSSR count). The summed E-state index contributed by atoms with van der Waals surface area (Å²) < 4.78 is 0. The lowest BCUT2D eigenvalue weighted by Crippen LogP contribution is -2.43. The molecule has 0 aromatic heterocycles. The van der Waals surface area contributed by atoms with E-state index in [9.17, 15) is 0 Å². The Morgan fingerprint density at radius 3 is 2.67 bits per heavy atom. The first-order valence-corrected chi connectivity index (χ1v) is 6.29. The van der Waals surface area contributed by atoms with Crippen LogP contribution in [-0.2, 0) is 0 Å². The van der Waals surface area contributed by atoms with Crippen LogP contribution in [0.2, 0.25) is 0 Å². The maximum Gasteiger partial charge on any atom is 0.0111 e. The molecule has 0 amide bonds. The second kappa shape index (κ2) is 6.46. The van der Waals surface area contributed by atoms with E-state index in [4.69, 9.17) is 5.73 Å². The van der Waals surface area contributed by atoms with Crippen LogP contribution in [-0.4, -0.2) is 55.1 Å². The minimum Gasteiger partial charge on any atom is -0.329 e. The van der Waals surface area contributed by atoms with E-state index in [-0.39, 0.29) is 0 Å². The number of hydrogen-bond acceptors (Lipinski definition) is 3. The molecule has 0 spiro atoms. The van der Waals surface area contributed by atoms with Crippen molar-refractivity contribution in [1.82, 2.24) is 9.80 Å². The van der Waals surface area contributed by atoms with Gasteiger partial charge in [-0.05, 0) is 53.2 Å². The first-order valence-electron chi connectivity index (χ1n) is 6.29. The van der Waals surface area contributed by atoms with Gasteiger partial charge in [0.05, 0.1) is 0 Å². The van der Waals surface area contributed by atoms with E-state index >= 15 is 0 Å². The van der Waals surface area contributed by atoms with Crippen molar-refractivity contribution in [3.05, 3.63) is 0 Å². The number of likely N-dealkylation sites (tertiary alicyclic amines) is 1. The number of nitrogens with two attached hydrogens (primary N) is 1. The molecule has 0 aromatic carbocycles. The highest BCUT2D eigenvalue weighted by atomic mass is 15.2. The molecule has 15 heavy (non-hydrogen) atoms. The van der Waals surface area contributed by atoms with E-state index in [1.54, 1.807) is 0 Å². The second-order valence-corrected chi connectivity index (χ2v) is 5.01. The van der Waals surface area contributed by atoms with Crippen molar-refractivity contribution in [2.45, 2.75) is 45.2 Å². The lowest BCUT2D eigenvalue weighted by Gasteiger charge is -2.34. The van der Waals surface area contributed by atoms with Crippen LogP contribution in [0.15, 0.2) is 0 Å². The topological polar surface area (TPSA) is 32.5 Å². The Kier molecular flexibility index (Phi) is 5.58. The van der Waals surface area contributed by atoms with E-state index < -0.39 is 0 Å². The average molecular weight is 213 g/mol. The number of hydrogen-bond donors (Lipinski definition) is 1. The molecule has 0 aromatic rings. The molecule has 1 atom stereocenters. The molecule has 3 nitrogen and oxygen atoms in total. The zero-order chi connectivity index (χ0) is 11.3. The van der Waals surface area contributed by atoms with Crippen LogP contribution in [0.3, 0.4) is 0 Å². The summed E-state index contributed by atoms with van der Waals surface area (Å²) in [5, 5.41) is 0. The van der Waals surface area contributed by atoms with Gasteiger partial charge in [-0.15, -0.1) is 0 Å². The minimum atomic E-state index is 0.627. The van der Waals surface area contributed by atoms with Crippen molar-refractivity contribution in [3.8, 4) is 0 Å². The molecule has 0 bridgehead atoms. The van der Waals surface area contributed by atoms with Crippen molar-refractivity contribution in [2.75, 3.05) is 33.2 Å². The normalized spacial score (nSPS) is 24.8. The molecule has 1 heterocycles. The minimum absolute atomic E-state index is 0.627. The van der Waals surface area contributed by atoms with Crippen LogP contribution >= 0.6 is 0 Å². The third-order valence-electron chi connectivity index (χ3n) is 3.44. The molecule has 1 aliphatic heterocycles. The summed E-state index contributed by atoms with van der Waals surface area (Å²) in [4.78, 5) is 5.03. The SMILES string of the molecule is CC(C)N(CCN)C1CCCN(C)CC1. The van der Waals surface area contributed by atoms with E-state index in [0.29, 0.717) is 6.04 Å². The molecule has 1 fully saturated rings. The maximum atomic E-state index is 5.69.